The van der Waals surface area contributed by atoms with Crippen LogP contribution in [0.3, 0.4) is 0 Å². The van der Waals surface area contributed by atoms with Gasteiger partial charge in [0.2, 0.25) is 0 Å². The van der Waals surface area contributed by atoms with Crippen LogP contribution in [0, 0.1) is 0 Å². The van der Waals surface area contributed by atoms with Gasteiger partial charge in [-0.15, -0.1) is 0 Å². The fourth-order valence-electron chi connectivity index (χ4n) is 3.10. The largest absolute Gasteiger partial charge is 0.508 e. The first kappa shape index (κ1) is 16.1. The zero-order valence-corrected chi connectivity index (χ0v) is 14.3. The van der Waals surface area contributed by atoms with Crippen LogP contribution >= 0.6 is 11.6 Å². The number of halogens is 1. The number of phenols is 1. The van der Waals surface area contributed by atoms with Crippen molar-refractivity contribution in [3.05, 3.63) is 41.6 Å². The van der Waals surface area contributed by atoms with E-state index in [-0.39, 0.29) is 5.75 Å². The van der Waals surface area contributed by atoms with Crippen molar-refractivity contribution in [1.29, 1.82) is 0 Å². The maximum absolute atomic E-state index is 9.67. The number of pyridine rings is 1. The molecule has 0 spiro atoms. The lowest BCUT2D eigenvalue weighted by Crippen LogP contribution is -2.42. The number of piperidine rings is 1. The summed E-state index contributed by atoms with van der Waals surface area (Å²) in [5, 5.41) is 10.2. The Morgan fingerprint density at radius 2 is 1.87 bits per heavy atom. The van der Waals surface area contributed by atoms with Gasteiger partial charge in [-0.3, -0.25) is 0 Å². The normalized spacial score (nSPS) is 16.1. The van der Waals surface area contributed by atoms with Gasteiger partial charge in [0.15, 0.2) is 0 Å². The van der Waals surface area contributed by atoms with E-state index in [1.807, 2.05) is 24.4 Å². The predicted octanol–water partition coefficient (Wildman–Crippen LogP) is 3.64. The fourth-order valence-corrected chi connectivity index (χ4v) is 3.33. The van der Waals surface area contributed by atoms with E-state index < -0.39 is 0 Å². The molecule has 2 heterocycles. The van der Waals surface area contributed by atoms with Gasteiger partial charge >= 0.3 is 0 Å². The van der Waals surface area contributed by atoms with Crippen molar-refractivity contribution in [2.24, 2.45) is 0 Å². The number of aromatic nitrogens is 1. The molecule has 0 aliphatic carbocycles. The summed E-state index contributed by atoms with van der Waals surface area (Å²) < 4.78 is 0. The Morgan fingerprint density at radius 3 is 2.43 bits per heavy atom. The minimum atomic E-state index is 0.169. The second-order valence-electron chi connectivity index (χ2n) is 6.29. The summed E-state index contributed by atoms with van der Waals surface area (Å²) in [6.07, 6.45) is 4.18. The van der Waals surface area contributed by atoms with Gasteiger partial charge in [0.05, 0.1) is 0 Å². The van der Waals surface area contributed by atoms with Crippen LogP contribution in [0.1, 0.15) is 12.8 Å². The second kappa shape index (κ2) is 6.77. The minimum absolute atomic E-state index is 0.169. The first-order valence-corrected chi connectivity index (χ1v) is 8.28. The second-order valence-corrected chi connectivity index (χ2v) is 6.72. The van der Waals surface area contributed by atoms with Gasteiger partial charge in [-0.1, -0.05) is 11.6 Å². The zero-order chi connectivity index (χ0) is 16.4. The number of hydrogen-bond acceptors (Lipinski definition) is 4. The molecule has 23 heavy (non-hydrogen) atoms. The first-order chi connectivity index (χ1) is 11.0. The summed E-state index contributed by atoms with van der Waals surface area (Å²) in [6.45, 7) is 2.07. The average molecular weight is 332 g/mol. The molecule has 4 nitrogen and oxygen atoms in total. The van der Waals surface area contributed by atoms with E-state index in [1.165, 1.54) is 18.9 Å². The lowest BCUT2D eigenvalue weighted by molar-refractivity contribution is 0.249. The van der Waals surface area contributed by atoms with Crippen molar-refractivity contribution in [2.75, 3.05) is 32.1 Å². The molecule has 3 rings (SSSR count). The Kier molecular flexibility index (Phi) is 4.74. The van der Waals surface area contributed by atoms with Crippen LogP contribution in [0.2, 0.25) is 5.02 Å². The van der Waals surface area contributed by atoms with E-state index in [0.717, 1.165) is 30.0 Å². The van der Waals surface area contributed by atoms with Crippen LogP contribution in [-0.4, -0.2) is 48.2 Å². The number of rotatable bonds is 3. The van der Waals surface area contributed by atoms with Gasteiger partial charge in [-0.05, 0) is 62.8 Å². The van der Waals surface area contributed by atoms with Crippen molar-refractivity contribution in [3.8, 4) is 16.9 Å². The van der Waals surface area contributed by atoms with Crippen LogP contribution in [0.5, 0.6) is 5.75 Å². The third-order valence-electron chi connectivity index (χ3n) is 4.48. The van der Waals surface area contributed by atoms with E-state index in [2.05, 4.69) is 28.9 Å². The van der Waals surface area contributed by atoms with Crippen molar-refractivity contribution in [1.82, 2.24) is 9.88 Å². The molecule has 0 atom stereocenters. The Balaban J connectivity index is 1.73. The Bertz CT molecular complexity index is 644. The average Bonchev–Trinajstić information content (AvgIpc) is 2.54. The van der Waals surface area contributed by atoms with Crippen molar-refractivity contribution >= 4 is 17.4 Å². The maximum Gasteiger partial charge on any atom is 0.128 e. The lowest BCUT2D eigenvalue weighted by Gasteiger charge is -2.35. The molecule has 1 aliphatic rings. The summed E-state index contributed by atoms with van der Waals surface area (Å²) in [7, 11) is 4.29. The highest BCUT2D eigenvalue weighted by Gasteiger charge is 2.21. The van der Waals surface area contributed by atoms with Crippen LogP contribution in [0.15, 0.2) is 36.5 Å². The molecule has 0 saturated carbocycles. The summed E-state index contributed by atoms with van der Waals surface area (Å²) in [4.78, 5) is 9.23. The predicted molar refractivity (Wildman–Crippen MR) is 95.3 cm³/mol. The molecule has 0 unspecified atom stereocenters. The molecule has 1 aromatic carbocycles. The summed E-state index contributed by atoms with van der Waals surface area (Å²) >= 11 is 6.00. The lowest BCUT2D eigenvalue weighted by atomic mass is 10.0. The zero-order valence-electron chi connectivity index (χ0n) is 13.5. The van der Waals surface area contributed by atoms with E-state index in [4.69, 9.17) is 11.6 Å². The van der Waals surface area contributed by atoms with Crippen molar-refractivity contribution in [3.63, 3.8) is 0 Å². The molecule has 1 aliphatic heterocycles. The molecular formula is C18H22ClN3O. The van der Waals surface area contributed by atoms with Crippen LogP contribution in [-0.2, 0) is 0 Å². The standard InChI is InChI=1S/C18H22ClN3O/c1-21(2)16-5-7-22(8-6-16)18-4-3-13(12-20-18)14-9-15(19)11-17(23)10-14/h3-4,9-12,16,23H,5-8H2,1-2H3. The molecule has 1 saturated heterocycles. The number of phenolic OH excluding ortho intramolecular Hbond substituents is 1. The Morgan fingerprint density at radius 1 is 1.13 bits per heavy atom. The monoisotopic (exact) mass is 331 g/mol. The van der Waals surface area contributed by atoms with Gasteiger partial charge in [0.25, 0.3) is 0 Å². The minimum Gasteiger partial charge on any atom is -0.508 e. The molecule has 1 N–H and O–H groups in total. The highest BCUT2D eigenvalue weighted by atomic mass is 35.5. The van der Waals surface area contributed by atoms with Gasteiger partial charge in [-0.2, -0.15) is 0 Å². The summed E-state index contributed by atoms with van der Waals surface area (Å²) in [6, 6.07) is 9.81. The molecule has 0 amide bonds. The Labute approximate surface area is 142 Å². The number of aromatic hydroxyl groups is 1. The summed E-state index contributed by atoms with van der Waals surface area (Å²) in [5.74, 6) is 1.18. The molecular weight excluding hydrogens is 310 g/mol. The molecule has 122 valence electrons. The van der Waals surface area contributed by atoms with Crippen molar-refractivity contribution < 1.29 is 5.11 Å². The van der Waals surface area contributed by atoms with Crippen LogP contribution < -0.4 is 4.90 Å². The SMILES string of the molecule is CN(C)C1CCN(c2ccc(-c3cc(O)cc(Cl)c3)cn2)CC1. The fraction of sp³-hybridized carbons (Fsp3) is 0.389. The number of anilines is 1. The summed E-state index contributed by atoms with van der Waals surface area (Å²) in [5.41, 5.74) is 1.83. The highest BCUT2D eigenvalue weighted by molar-refractivity contribution is 6.31. The molecule has 0 bridgehead atoms. The Hall–Kier alpha value is -1.78. The highest BCUT2D eigenvalue weighted by Crippen LogP contribution is 2.28. The van der Waals surface area contributed by atoms with Crippen LogP contribution in [0.25, 0.3) is 11.1 Å². The third-order valence-corrected chi connectivity index (χ3v) is 4.70. The van der Waals surface area contributed by atoms with E-state index >= 15 is 0 Å². The smallest absolute Gasteiger partial charge is 0.128 e. The van der Waals surface area contributed by atoms with E-state index in [1.54, 1.807) is 6.07 Å². The quantitative estimate of drug-likeness (QED) is 0.932. The van der Waals surface area contributed by atoms with Crippen LogP contribution in [0.4, 0.5) is 5.82 Å². The maximum atomic E-state index is 9.67. The molecule has 0 radical (unpaired) electrons. The van der Waals surface area contributed by atoms with E-state index in [0.29, 0.717) is 11.1 Å². The third kappa shape index (κ3) is 3.77. The molecule has 2 aromatic rings. The number of hydrogen-bond donors (Lipinski definition) is 1. The van der Waals surface area contributed by atoms with Gasteiger partial charge < -0.3 is 14.9 Å². The number of nitrogens with zero attached hydrogens (tertiary/aromatic N) is 3. The number of benzene rings is 1. The first-order valence-electron chi connectivity index (χ1n) is 7.90. The van der Waals surface area contributed by atoms with Crippen molar-refractivity contribution in [2.45, 2.75) is 18.9 Å². The topological polar surface area (TPSA) is 39.6 Å². The molecule has 1 aromatic heterocycles. The van der Waals surface area contributed by atoms with Gasteiger partial charge in [0.1, 0.15) is 11.6 Å². The molecule has 5 heteroatoms. The molecule has 1 fully saturated rings. The van der Waals surface area contributed by atoms with Gasteiger partial charge in [0, 0.05) is 35.9 Å². The van der Waals surface area contributed by atoms with Gasteiger partial charge in [-0.25, -0.2) is 4.98 Å². The van der Waals surface area contributed by atoms with E-state index in [9.17, 15) is 5.11 Å².